The quantitative estimate of drug-likeness (QED) is 0.807. The van der Waals surface area contributed by atoms with Crippen molar-refractivity contribution in [3.8, 4) is 0 Å². The summed E-state index contributed by atoms with van der Waals surface area (Å²) in [5.74, 6) is -0.280. The fourth-order valence-corrected chi connectivity index (χ4v) is 1.79. The molecular formula is C10H11F3N2O. The Hall–Kier alpha value is -1.30. The third-order valence-electron chi connectivity index (χ3n) is 2.56. The Bertz CT molecular complexity index is 386. The molecule has 0 saturated carbocycles. The molecule has 0 amide bonds. The summed E-state index contributed by atoms with van der Waals surface area (Å²) in [5, 5.41) is 0. The highest BCUT2D eigenvalue weighted by molar-refractivity contribution is 5.42. The number of aromatic nitrogens is 1. The number of nitrogens with two attached hydrogens (primary N) is 1. The Balaban J connectivity index is 2.43. The second kappa shape index (κ2) is 3.93. The van der Waals surface area contributed by atoms with Crippen LogP contribution in [0.4, 0.5) is 18.9 Å². The maximum atomic E-state index is 12.7. The third-order valence-corrected chi connectivity index (χ3v) is 2.56. The van der Waals surface area contributed by atoms with Crippen molar-refractivity contribution in [2.75, 3.05) is 18.9 Å². The molecule has 3 nitrogen and oxygen atoms in total. The van der Waals surface area contributed by atoms with Crippen molar-refractivity contribution >= 4 is 5.69 Å². The monoisotopic (exact) mass is 232 g/mol. The molecule has 0 spiro atoms. The average molecular weight is 232 g/mol. The zero-order chi connectivity index (χ0) is 11.8. The van der Waals surface area contributed by atoms with Crippen LogP contribution in [0.3, 0.4) is 0 Å². The van der Waals surface area contributed by atoms with Gasteiger partial charge in [-0.1, -0.05) is 0 Å². The lowest BCUT2D eigenvalue weighted by molar-refractivity contribution is -0.138. The van der Waals surface area contributed by atoms with Crippen LogP contribution in [0.5, 0.6) is 0 Å². The normalized spacial score (nSPS) is 21.3. The Labute approximate surface area is 90.4 Å². The van der Waals surface area contributed by atoms with Crippen LogP contribution in [-0.2, 0) is 10.9 Å². The summed E-state index contributed by atoms with van der Waals surface area (Å²) < 4.78 is 43.3. The van der Waals surface area contributed by atoms with E-state index in [2.05, 4.69) is 4.98 Å². The van der Waals surface area contributed by atoms with E-state index in [4.69, 9.17) is 10.5 Å². The van der Waals surface area contributed by atoms with Gasteiger partial charge in [-0.05, 0) is 12.5 Å². The van der Waals surface area contributed by atoms with E-state index in [0.717, 1.165) is 6.07 Å². The summed E-state index contributed by atoms with van der Waals surface area (Å²) in [6.07, 6.45) is -2.59. The van der Waals surface area contributed by atoms with Gasteiger partial charge in [0.1, 0.15) is 0 Å². The van der Waals surface area contributed by atoms with Crippen molar-refractivity contribution < 1.29 is 17.9 Å². The number of ether oxygens (including phenoxy) is 1. The van der Waals surface area contributed by atoms with Crippen molar-refractivity contribution in [3.63, 3.8) is 0 Å². The van der Waals surface area contributed by atoms with E-state index < -0.39 is 11.7 Å². The van der Waals surface area contributed by atoms with E-state index in [1.807, 2.05) is 0 Å². The Morgan fingerprint density at radius 2 is 2.19 bits per heavy atom. The number of nitrogen functional groups attached to an aromatic ring is 1. The van der Waals surface area contributed by atoms with E-state index in [0.29, 0.717) is 19.6 Å². The smallest absolute Gasteiger partial charge is 0.397 e. The molecule has 88 valence electrons. The number of hydrogen-bond acceptors (Lipinski definition) is 3. The molecule has 0 bridgehead atoms. The number of alkyl halides is 3. The Morgan fingerprint density at radius 3 is 2.75 bits per heavy atom. The zero-order valence-corrected chi connectivity index (χ0v) is 8.42. The molecule has 16 heavy (non-hydrogen) atoms. The number of hydrogen-bond donors (Lipinski definition) is 1. The highest BCUT2D eigenvalue weighted by Gasteiger charge is 2.37. The predicted molar refractivity (Wildman–Crippen MR) is 51.8 cm³/mol. The van der Waals surface area contributed by atoms with Gasteiger partial charge in [0, 0.05) is 12.5 Å². The van der Waals surface area contributed by atoms with E-state index in [1.165, 1.54) is 6.20 Å². The molecule has 1 fully saturated rings. The number of pyridine rings is 1. The summed E-state index contributed by atoms with van der Waals surface area (Å²) in [7, 11) is 0. The molecule has 0 aromatic carbocycles. The largest absolute Gasteiger partial charge is 0.418 e. The van der Waals surface area contributed by atoms with Gasteiger partial charge in [0.25, 0.3) is 0 Å². The topological polar surface area (TPSA) is 48.1 Å². The van der Waals surface area contributed by atoms with E-state index in [9.17, 15) is 13.2 Å². The summed E-state index contributed by atoms with van der Waals surface area (Å²) >= 11 is 0. The van der Waals surface area contributed by atoms with Crippen LogP contribution >= 0.6 is 0 Å². The highest BCUT2D eigenvalue weighted by Crippen LogP contribution is 2.37. The number of nitrogens with zero attached hydrogens (tertiary/aromatic N) is 1. The molecule has 0 aliphatic carbocycles. The van der Waals surface area contributed by atoms with Crippen molar-refractivity contribution in [1.29, 1.82) is 0 Å². The highest BCUT2D eigenvalue weighted by atomic mass is 19.4. The first-order valence-electron chi connectivity index (χ1n) is 4.89. The van der Waals surface area contributed by atoms with Crippen LogP contribution in [0.25, 0.3) is 0 Å². The lowest BCUT2D eigenvalue weighted by Crippen LogP contribution is -2.15. The van der Waals surface area contributed by atoms with Gasteiger partial charge in [0.05, 0.1) is 29.7 Å². The van der Waals surface area contributed by atoms with Crippen LogP contribution in [-0.4, -0.2) is 18.2 Å². The average Bonchev–Trinajstić information content (AvgIpc) is 2.69. The van der Waals surface area contributed by atoms with Crippen LogP contribution in [0.1, 0.15) is 23.6 Å². The van der Waals surface area contributed by atoms with Crippen molar-refractivity contribution in [1.82, 2.24) is 4.98 Å². The first kappa shape index (κ1) is 11.2. The zero-order valence-electron chi connectivity index (χ0n) is 8.42. The SMILES string of the molecule is Nc1cnc(C2CCOC2)c(C(F)(F)F)c1. The van der Waals surface area contributed by atoms with Crippen LogP contribution in [0.2, 0.25) is 0 Å². The molecule has 1 atom stereocenters. The van der Waals surface area contributed by atoms with Gasteiger partial charge in [0.15, 0.2) is 0 Å². The van der Waals surface area contributed by atoms with Gasteiger partial charge in [-0.15, -0.1) is 0 Å². The molecule has 1 aromatic rings. The molecule has 1 aliphatic heterocycles. The molecule has 1 saturated heterocycles. The molecule has 1 aliphatic rings. The summed E-state index contributed by atoms with van der Waals surface area (Å²) in [5.41, 5.74) is 4.65. The first-order chi connectivity index (χ1) is 7.48. The molecule has 2 N–H and O–H groups in total. The maximum absolute atomic E-state index is 12.7. The molecule has 2 rings (SSSR count). The van der Waals surface area contributed by atoms with Gasteiger partial charge in [-0.2, -0.15) is 13.2 Å². The van der Waals surface area contributed by atoms with Crippen LogP contribution in [0, 0.1) is 0 Å². The fourth-order valence-electron chi connectivity index (χ4n) is 1.79. The van der Waals surface area contributed by atoms with Crippen LogP contribution < -0.4 is 5.73 Å². The summed E-state index contributed by atoms with van der Waals surface area (Å²) in [6, 6.07) is 0.931. The van der Waals surface area contributed by atoms with E-state index in [-0.39, 0.29) is 17.3 Å². The third kappa shape index (κ3) is 2.11. The first-order valence-corrected chi connectivity index (χ1v) is 4.89. The molecule has 1 aromatic heterocycles. The number of rotatable bonds is 1. The van der Waals surface area contributed by atoms with Crippen molar-refractivity contribution in [2.24, 2.45) is 0 Å². The van der Waals surface area contributed by atoms with Crippen molar-refractivity contribution in [2.45, 2.75) is 18.5 Å². The van der Waals surface area contributed by atoms with E-state index in [1.54, 1.807) is 0 Å². The van der Waals surface area contributed by atoms with Crippen molar-refractivity contribution in [3.05, 3.63) is 23.5 Å². The lowest BCUT2D eigenvalue weighted by atomic mass is 9.99. The molecule has 2 heterocycles. The number of halogens is 3. The molecule has 0 radical (unpaired) electrons. The van der Waals surface area contributed by atoms with Crippen LogP contribution in [0.15, 0.2) is 12.3 Å². The lowest BCUT2D eigenvalue weighted by Gasteiger charge is -2.15. The van der Waals surface area contributed by atoms with Gasteiger partial charge in [-0.25, -0.2) is 0 Å². The summed E-state index contributed by atoms with van der Waals surface area (Å²) in [6.45, 7) is 0.772. The summed E-state index contributed by atoms with van der Waals surface area (Å²) in [4.78, 5) is 3.80. The predicted octanol–water partition coefficient (Wildman–Crippen LogP) is 2.19. The second-order valence-electron chi connectivity index (χ2n) is 3.76. The van der Waals surface area contributed by atoms with Gasteiger partial charge in [-0.3, -0.25) is 4.98 Å². The van der Waals surface area contributed by atoms with Gasteiger partial charge >= 0.3 is 6.18 Å². The molecular weight excluding hydrogens is 221 g/mol. The Kier molecular flexibility index (Phi) is 2.75. The number of anilines is 1. The molecule has 6 heteroatoms. The van der Waals surface area contributed by atoms with Gasteiger partial charge in [0.2, 0.25) is 0 Å². The van der Waals surface area contributed by atoms with E-state index >= 15 is 0 Å². The maximum Gasteiger partial charge on any atom is 0.418 e. The Morgan fingerprint density at radius 1 is 1.44 bits per heavy atom. The standard InChI is InChI=1S/C10H11F3N2O/c11-10(12,13)8-3-7(14)4-15-9(8)6-1-2-16-5-6/h3-4,6H,1-2,5,14H2. The van der Waals surface area contributed by atoms with Gasteiger partial charge < -0.3 is 10.5 Å². The fraction of sp³-hybridized carbons (Fsp3) is 0.500. The minimum atomic E-state index is -4.42. The molecule has 1 unspecified atom stereocenters. The second-order valence-corrected chi connectivity index (χ2v) is 3.76. The minimum absolute atomic E-state index is 0.0231. The minimum Gasteiger partial charge on any atom is -0.397 e.